The highest BCUT2D eigenvalue weighted by molar-refractivity contribution is 6.78. The summed E-state index contributed by atoms with van der Waals surface area (Å²) in [5.74, 6) is 1.03. The highest BCUT2D eigenvalue weighted by Gasteiger charge is 2.45. The lowest BCUT2D eigenvalue weighted by molar-refractivity contribution is -0.135. The Labute approximate surface area is 371 Å². The van der Waals surface area contributed by atoms with Gasteiger partial charge in [0.05, 0.1) is 57.3 Å². The van der Waals surface area contributed by atoms with Crippen molar-refractivity contribution in [2.75, 3.05) is 26.9 Å². The molecule has 0 radical (unpaired) electrons. The number of carbonyl (C=O) groups is 4. The first-order chi connectivity index (χ1) is 31.0. The Bertz CT molecular complexity index is 2850. The topological polar surface area (TPSA) is 175 Å². The van der Waals surface area contributed by atoms with Crippen LogP contribution < -0.4 is 10.6 Å². The highest BCUT2D eigenvalue weighted by atomic mass is 28.3. The molecule has 4 heterocycles. The minimum absolute atomic E-state index is 0.193. The van der Waals surface area contributed by atoms with Crippen LogP contribution in [0, 0.1) is 0 Å². The molecule has 326 valence electrons. The number of hydrogen-bond acceptors (Lipinski definition) is 8. The minimum atomic E-state index is -1.82. The van der Waals surface area contributed by atoms with Crippen LogP contribution in [-0.4, -0.2) is 88.7 Å². The molecule has 0 saturated carbocycles. The molecule has 0 spiro atoms. The lowest BCUT2D eigenvalue weighted by Crippen LogP contribution is -2.44. The number of imidazole rings is 2. The van der Waals surface area contributed by atoms with Gasteiger partial charge in [0.15, 0.2) is 0 Å². The molecule has 0 unspecified atom stereocenters. The van der Waals surface area contributed by atoms with Crippen LogP contribution in [0.15, 0.2) is 121 Å². The molecule has 2 aliphatic heterocycles. The Morgan fingerprint density at radius 2 is 1.31 bits per heavy atom. The number of H-pyrrole nitrogens is 2. The second-order valence-electron chi connectivity index (χ2n) is 17.3. The Kier molecular flexibility index (Phi) is 11.5. The van der Waals surface area contributed by atoms with Crippen LogP contribution in [0.2, 0.25) is 19.1 Å². The van der Waals surface area contributed by atoms with Crippen LogP contribution in [0.1, 0.15) is 59.8 Å². The van der Waals surface area contributed by atoms with Gasteiger partial charge in [0.1, 0.15) is 23.7 Å². The first-order valence-electron chi connectivity index (χ1n) is 21.5. The number of hydrogen-bond donors (Lipinski definition) is 4. The SMILES string of the molecule is COC(=O)N[C@H](C(=O)N1C[Si](C)(C)C[C@H]1c1ncc(-c2ccc(-c3ccc4c(ccc5[nH]c([C@H]6CCCN6C(=O)[C@H](NC(=O)OC)c6ccccc6)nc54)c3)cc2)[nH]1)c1ccccc1. The van der Waals surface area contributed by atoms with Gasteiger partial charge in [-0.15, -0.1) is 0 Å². The molecule has 2 aliphatic rings. The van der Waals surface area contributed by atoms with Gasteiger partial charge in [-0.25, -0.2) is 19.6 Å². The van der Waals surface area contributed by atoms with E-state index in [0.717, 1.165) is 68.9 Å². The molecular formula is C49H50N8O6Si. The second kappa shape index (κ2) is 17.5. The number of fused-ring (bicyclic) bond motifs is 3. The van der Waals surface area contributed by atoms with Crippen molar-refractivity contribution in [3.05, 3.63) is 144 Å². The number of alkyl carbamates (subject to hydrolysis) is 2. The van der Waals surface area contributed by atoms with E-state index in [1.165, 1.54) is 14.2 Å². The Hall–Kier alpha value is -7.26. The fourth-order valence-electron chi connectivity index (χ4n) is 9.26. The van der Waals surface area contributed by atoms with Crippen LogP contribution in [0.5, 0.6) is 0 Å². The van der Waals surface area contributed by atoms with Gasteiger partial charge in [0, 0.05) is 18.1 Å². The van der Waals surface area contributed by atoms with Crippen LogP contribution in [0.25, 0.3) is 44.2 Å². The summed E-state index contributed by atoms with van der Waals surface area (Å²) in [5, 5.41) is 7.53. The van der Waals surface area contributed by atoms with Gasteiger partial charge in [0.25, 0.3) is 5.91 Å². The number of ether oxygens (including phenoxy) is 2. The lowest BCUT2D eigenvalue weighted by atomic mass is 9.99. The molecule has 4 atom stereocenters. The maximum atomic E-state index is 14.3. The highest BCUT2D eigenvalue weighted by Crippen LogP contribution is 2.40. The third kappa shape index (κ3) is 8.33. The van der Waals surface area contributed by atoms with E-state index in [4.69, 9.17) is 19.4 Å². The average molecular weight is 875 g/mol. The van der Waals surface area contributed by atoms with E-state index in [1.54, 1.807) is 4.90 Å². The normalized spacial score (nSPS) is 17.9. The van der Waals surface area contributed by atoms with Crippen molar-refractivity contribution in [2.24, 2.45) is 0 Å². The first-order valence-corrected chi connectivity index (χ1v) is 24.9. The summed E-state index contributed by atoms with van der Waals surface area (Å²) in [6, 6.07) is 35.8. The first kappa shape index (κ1) is 42.1. The molecule has 9 rings (SSSR count). The van der Waals surface area contributed by atoms with Crippen molar-refractivity contribution in [2.45, 2.75) is 56.1 Å². The smallest absolute Gasteiger partial charge is 0.407 e. The van der Waals surface area contributed by atoms with Crippen LogP contribution in [-0.2, 0) is 19.1 Å². The van der Waals surface area contributed by atoms with Crippen molar-refractivity contribution in [1.82, 2.24) is 40.4 Å². The molecule has 5 aromatic carbocycles. The monoisotopic (exact) mass is 874 g/mol. The number of rotatable bonds is 10. The van der Waals surface area contributed by atoms with Gasteiger partial charge >= 0.3 is 12.2 Å². The van der Waals surface area contributed by atoms with E-state index < -0.39 is 32.3 Å². The molecule has 0 aliphatic carbocycles. The summed E-state index contributed by atoms with van der Waals surface area (Å²) >= 11 is 0. The fraction of sp³-hybridized carbons (Fsp3) is 0.265. The molecule has 64 heavy (non-hydrogen) atoms. The molecule has 4 amide bonds. The summed E-state index contributed by atoms with van der Waals surface area (Å²) in [5.41, 5.74) is 6.99. The standard InChI is InChI=1S/C49H50N8O6Si/c1-62-48(60)54-41(32-12-7-5-8-13-32)46(58)56-25-11-16-39(56)45-51-37-24-22-35-26-34(21-23-36(35)43(37)53-45)30-17-19-31(20-18-30)38-27-50-44(52-38)40-28-64(3,4)29-57(40)47(59)42(55-49(61)63-2)33-14-9-6-10-15-33/h5-10,12-15,17-24,26-27,39-42H,11,16,25,28-29H2,1-4H3,(H,50,52)(H,51,53)(H,54,60)(H,55,61)/t39-,40+,41-,42+/m1/s1. The molecule has 0 bridgehead atoms. The van der Waals surface area contributed by atoms with Gasteiger partial charge in [-0.3, -0.25) is 9.59 Å². The number of amides is 4. The number of likely N-dealkylation sites (tertiary alicyclic amines) is 1. The van der Waals surface area contributed by atoms with Gasteiger partial charge in [-0.1, -0.05) is 116 Å². The number of methoxy groups -OCH3 is 2. The van der Waals surface area contributed by atoms with Gasteiger partial charge < -0.3 is 39.9 Å². The van der Waals surface area contributed by atoms with E-state index in [2.05, 4.69) is 82.2 Å². The molecule has 2 aromatic heterocycles. The quantitative estimate of drug-likeness (QED) is 0.0987. The number of aromatic amines is 2. The van der Waals surface area contributed by atoms with Crippen LogP contribution in [0.4, 0.5) is 9.59 Å². The maximum Gasteiger partial charge on any atom is 0.407 e. The van der Waals surface area contributed by atoms with Gasteiger partial charge in [0.2, 0.25) is 5.91 Å². The predicted octanol–water partition coefficient (Wildman–Crippen LogP) is 8.76. The summed E-state index contributed by atoms with van der Waals surface area (Å²) in [6.07, 6.45) is 2.67. The van der Waals surface area contributed by atoms with Crippen molar-refractivity contribution in [3.8, 4) is 22.4 Å². The molecule has 4 N–H and O–H groups in total. The fourth-order valence-corrected chi connectivity index (χ4v) is 12.2. The van der Waals surface area contributed by atoms with E-state index in [-0.39, 0.29) is 23.9 Å². The Morgan fingerprint density at radius 1 is 0.703 bits per heavy atom. The molecule has 14 nitrogen and oxygen atoms in total. The third-order valence-electron chi connectivity index (χ3n) is 12.4. The zero-order valence-electron chi connectivity index (χ0n) is 36.1. The molecule has 15 heteroatoms. The van der Waals surface area contributed by atoms with Crippen LogP contribution >= 0.6 is 0 Å². The molecule has 2 fully saturated rings. The summed E-state index contributed by atoms with van der Waals surface area (Å²) < 4.78 is 9.75. The number of benzene rings is 5. The number of nitrogens with one attached hydrogen (secondary N) is 4. The van der Waals surface area contributed by atoms with Crippen molar-refractivity contribution < 1.29 is 28.7 Å². The number of aromatic nitrogens is 4. The van der Waals surface area contributed by atoms with Gasteiger partial charge in [-0.2, -0.15) is 0 Å². The Morgan fingerprint density at radius 3 is 1.95 bits per heavy atom. The third-order valence-corrected chi connectivity index (χ3v) is 15.1. The van der Waals surface area contributed by atoms with E-state index in [0.29, 0.717) is 29.7 Å². The minimum Gasteiger partial charge on any atom is -0.453 e. The van der Waals surface area contributed by atoms with Crippen LogP contribution in [0.3, 0.4) is 0 Å². The lowest BCUT2D eigenvalue weighted by Gasteiger charge is -2.29. The van der Waals surface area contributed by atoms with E-state index in [1.807, 2.05) is 77.8 Å². The summed E-state index contributed by atoms with van der Waals surface area (Å²) in [7, 11) is 0.751. The van der Waals surface area contributed by atoms with Crippen molar-refractivity contribution >= 4 is 53.9 Å². The van der Waals surface area contributed by atoms with E-state index >= 15 is 0 Å². The zero-order valence-corrected chi connectivity index (χ0v) is 37.1. The number of carbonyl (C=O) groups excluding carboxylic acids is 4. The second-order valence-corrected chi connectivity index (χ2v) is 22.3. The predicted molar refractivity (Wildman–Crippen MR) is 246 cm³/mol. The van der Waals surface area contributed by atoms with E-state index in [9.17, 15) is 19.2 Å². The zero-order chi connectivity index (χ0) is 44.5. The molecule has 7 aromatic rings. The summed E-state index contributed by atoms with van der Waals surface area (Å²) in [4.78, 5) is 73.6. The maximum absolute atomic E-state index is 14.3. The Balaban J connectivity index is 0.929. The average Bonchev–Trinajstić information content (AvgIpc) is 4.16. The molecule has 2 saturated heterocycles. The van der Waals surface area contributed by atoms with Crippen molar-refractivity contribution in [1.29, 1.82) is 0 Å². The summed E-state index contributed by atoms with van der Waals surface area (Å²) in [6.45, 7) is 5.09. The van der Waals surface area contributed by atoms with Gasteiger partial charge in [-0.05, 0) is 64.2 Å². The molecular weight excluding hydrogens is 825 g/mol. The largest absolute Gasteiger partial charge is 0.453 e. The number of nitrogens with zero attached hydrogens (tertiary/aromatic N) is 4. The van der Waals surface area contributed by atoms with Crippen molar-refractivity contribution in [3.63, 3.8) is 0 Å².